The van der Waals surface area contributed by atoms with Crippen molar-refractivity contribution in [2.75, 3.05) is 13.7 Å². The van der Waals surface area contributed by atoms with Gasteiger partial charge in [0.2, 0.25) is 0 Å². The number of esters is 4. The smallest absolute Gasteiger partial charge is 0.408 e. The first kappa shape index (κ1) is 23.1. The molecule has 1 amide bonds. The maximum Gasteiger partial charge on any atom is 0.408 e. The van der Waals surface area contributed by atoms with Crippen molar-refractivity contribution in [2.24, 2.45) is 0 Å². The molecule has 0 saturated carbocycles. The van der Waals surface area contributed by atoms with Gasteiger partial charge in [-0.05, 0) is 0 Å². The molecule has 0 radical (unpaired) electrons. The summed E-state index contributed by atoms with van der Waals surface area (Å²) in [5.74, 6) is -2.94. The van der Waals surface area contributed by atoms with Gasteiger partial charge in [-0.25, -0.2) is 4.79 Å². The van der Waals surface area contributed by atoms with E-state index < -0.39 is 67.2 Å². The zero-order chi connectivity index (χ0) is 21.4. The minimum absolute atomic E-state index is 0.392. The molecule has 1 aliphatic rings. The summed E-state index contributed by atoms with van der Waals surface area (Å²) in [7, 11) is 1.10. The van der Waals surface area contributed by atoms with Crippen LogP contribution in [0.2, 0.25) is 0 Å². The molecule has 0 aromatic heterocycles. The van der Waals surface area contributed by atoms with Crippen LogP contribution >= 0.6 is 0 Å². The summed E-state index contributed by atoms with van der Waals surface area (Å²) in [6, 6.07) is 0. The number of nitrogens with one attached hydrogen (secondary N) is 1. The summed E-state index contributed by atoms with van der Waals surface area (Å²) >= 11 is 0. The van der Waals surface area contributed by atoms with Crippen molar-refractivity contribution in [1.29, 1.82) is 0 Å². The maximum atomic E-state index is 11.6. The van der Waals surface area contributed by atoms with Crippen molar-refractivity contribution in [3.05, 3.63) is 0 Å². The summed E-state index contributed by atoms with van der Waals surface area (Å²) in [5, 5.41) is 2.29. The van der Waals surface area contributed by atoms with E-state index in [-0.39, 0.29) is 0 Å². The molecular formula is C16H23NO11. The first-order valence-electron chi connectivity index (χ1n) is 8.20. The third-order valence-electron chi connectivity index (χ3n) is 3.44. The molecule has 1 saturated heterocycles. The first-order valence-corrected chi connectivity index (χ1v) is 8.20. The predicted molar refractivity (Wildman–Crippen MR) is 87.5 cm³/mol. The topological polar surface area (TPSA) is 153 Å². The summed E-state index contributed by atoms with van der Waals surface area (Å²) in [5.41, 5.74) is 0. The fraction of sp³-hybridized carbons (Fsp3) is 0.688. The third kappa shape index (κ3) is 7.02. The Morgan fingerprint density at radius 3 is 1.75 bits per heavy atom. The molecule has 1 rings (SSSR count). The molecule has 28 heavy (non-hydrogen) atoms. The highest BCUT2D eigenvalue weighted by Crippen LogP contribution is 2.28. The zero-order valence-corrected chi connectivity index (χ0v) is 16.1. The number of carbonyl (C=O) groups excluding carboxylic acids is 5. The van der Waals surface area contributed by atoms with Crippen LogP contribution in [0.25, 0.3) is 0 Å². The van der Waals surface area contributed by atoms with E-state index in [1.807, 2.05) is 0 Å². The Balaban J connectivity index is 3.30. The molecule has 1 heterocycles. The van der Waals surface area contributed by atoms with Crippen LogP contribution in [0.1, 0.15) is 27.7 Å². The Hall–Kier alpha value is -2.89. The number of rotatable bonds is 6. The van der Waals surface area contributed by atoms with Crippen molar-refractivity contribution >= 4 is 30.0 Å². The lowest BCUT2D eigenvalue weighted by atomic mass is 9.97. The Morgan fingerprint density at radius 1 is 0.786 bits per heavy atom. The second-order valence-electron chi connectivity index (χ2n) is 5.76. The number of carbonyl (C=O) groups is 5. The second-order valence-corrected chi connectivity index (χ2v) is 5.76. The monoisotopic (exact) mass is 405 g/mol. The first-order chi connectivity index (χ1) is 13.0. The van der Waals surface area contributed by atoms with E-state index in [2.05, 4.69) is 10.1 Å². The lowest BCUT2D eigenvalue weighted by Crippen LogP contribution is -2.66. The fourth-order valence-electron chi connectivity index (χ4n) is 2.52. The predicted octanol–water partition coefficient (Wildman–Crippen LogP) is -0.574. The Labute approximate surface area is 160 Å². The highest BCUT2D eigenvalue weighted by molar-refractivity contribution is 5.69. The van der Waals surface area contributed by atoms with Crippen LogP contribution in [0, 0.1) is 0 Å². The minimum atomic E-state index is -1.38. The number of amides is 1. The van der Waals surface area contributed by atoms with Gasteiger partial charge in [0.05, 0.1) is 7.11 Å². The maximum absolute atomic E-state index is 11.6. The molecule has 1 fully saturated rings. The van der Waals surface area contributed by atoms with Gasteiger partial charge in [0, 0.05) is 27.7 Å². The quantitative estimate of drug-likeness (QED) is 0.446. The number of hydrogen-bond acceptors (Lipinski definition) is 11. The van der Waals surface area contributed by atoms with E-state index in [1.165, 1.54) is 0 Å². The molecule has 0 unspecified atom stereocenters. The van der Waals surface area contributed by atoms with Gasteiger partial charge in [-0.3, -0.25) is 24.5 Å². The summed E-state index contributed by atoms with van der Waals surface area (Å²) in [6.07, 6.45) is -7.46. The average molecular weight is 405 g/mol. The van der Waals surface area contributed by atoms with Crippen LogP contribution in [0.15, 0.2) is 0 Å². The van der Waals surface area contributed by atoms with E-state index in [1.54, 1.807) is 0 Å². The van der Waals surface area contributed by atoms with E-state index >= 15 is 0 Å². The Kier molecular flexibility index (Phi) is 8.64. The van der Waals surface area contributed by atoms with Crippen LogP contribution in [0.3, 0.4) is 0 Å². The van der Waals surface area contributed by atoms with Gasteiger partial charge >= 0.3 is 30.0 Å². The molecule has 0 bridgehead atoms. The zero-order valence-electron chi connectivity index (χ0n) is 16.1. The lowest BCUT2D eigenvalue weighted by molar-refractivity contribution is -0.256. The van der Waals surface area contributed by atoms with Crippen LogP contribution in [-0.2, 0) is 47.6 Å². The summed E-state index contributed by atoms with van der Waals surface area (Å²) in [4.78, 5) is 57.5. The van der Waals surface area contributed by atoms with Gasteiger partial charge in [-0.2, -0.15) is 0 Å². The molecule has 12 heteroatoms. The molecule has 5 atom stereocenters. The summed E-state index contributed by atoms with van der Waals surface area (Å²) < 4.78 is 30.5. The van der Waals surface area contributed by atoms with Crippen molar-refractivity contribution < 1.29 is 52.4 Å². The van der Waals surface area contributed by atoms with Gasteiger partial charge in [0.15, 0.2) is 24.5 Å². The highest BCUT2D eigenvalue weighted by atomic mass is 16.7. The van der Waals surface area contributed by atoms with Gasteiger partial charge in [-0.15, -0.1) is 0 Å². The van der Waals surface area contributed by atoms with Crippen molar-refractivity contribution in [3.8, 4) is 0 Å². The molecule has 1 N–H and O–H groups in total. The number of alkyl carbamates (subject to hydrolysis) is 1. The molecule has 12 nitrogen and oxygen atoms in total. The van der Waals surface area contributed by atoms with Crippen LogP contribution in [-0.4, -0.2) is 74.3 Å². The van der Waals surface area contributed by atoms with Crippen LogP contribution < -0.4 is 5.32 Å². The normalized spacial score (nSPS) is 26.4. The standard InChI is InChI=1S/C16H23NO11/c1-7(18)24-6-11-12(25-8(2)19)13(26-9(3)20)14(27-10(4)21)15(28-11)17-16(22)23-5/h11-15H,6H2,1-5H3,(H,17,22)/t11-,12+,13-,14+,15-/m1/s1. The number of ether oxygens (including phenoxy) is 6. The van der Waals surface area contributed by atoms with Gasteiger partial charge in [0.25, 0.3) is 0 Å². The van der Waals surface area contributed by atoms with Gasteiger partial charge < -0.3 is 28.4 Å². The molecular weight excluding hydrogens is 382 g/mol. The largest absolute Gasteiger partial charge is 0.463 e. The van der Waals surface area contributed by atoms with Crippen LogP contribution in [0.4, 0.5) is 4.79 Å². The van der Waals surface area contributed by atoms with E-state index in [0.29, 0.717) is 0 Å². The molecule has 0 aliphatic carbocycles. The lowest BCUT2D eigenvalue weighted by Gasteiger charge is -2.44. The van der Waals surface area contributed by atoms with Gasteiger partial charge in [-0.1, -0.05) is 0 Å². The average Bonchev–Trinajstić information content (AvgIpc) is 2.57. The molecule has 158 valence electrons. The van der Waals surface area contributed by atoms with E-state index in [4.69, 9.17) is 23.7 Å². The molecule has 0 spiro atoms. The second kappa shape index (κ2) is 10.4. The van der Waals surface area contributed by atoms with E-state index in [0.717, 1.165) is 34.8 Å². The van der Waals surface area contributed by atoms with Crippen LogP contribution in [0.5, 0.6) is 0 Å². The fourth-order valence-corrected chi connectivity index (χ4v) is 2.52. The SMILES string of the molecule is COC(=O)N[C@@H]1O[C@H](COC(C)=O)[C@H](OC(C)=O)[C@@H](OC(C)=O)[C@@H]1OC(C)=O. The van der Waals surface area contributed by atoms with Gasteiger partial charge in [0.1, 0.15) is 12.7 Å². The molecule has 0 aromatic carbocycles. The number of methoxy groups -OCH3 is 1. The van der Waals surface area contributed by atoms with E-state index in [9.17, 15) is 24.0 Å². The van der Waals surface area contributed by atoms with Crippen molar-refractivity contribution in [2.45, 2.75) is 58.3 Å². The summed E-state index contributed by atoms with van der Waals surface area (Å²) in [6.45, 7) is 4.05. The highest BCUT2D eigenvalue weighted by Gasteiger charge is 2.52. The Bertz CT molecular complexity index is 620. The van der Waals surface area contributed by atoms with Crippen molar-refractivity contribution in [1.82, 2.24) is 5.32 Å². The Morgan fingerprint density at radius 2 is 1.29 bits per heavy atom. The molecule has 0 aromatic rings. The third-order valence-corrected chi connectivity index (χ3v) is 3.44. The van der Waals surface area contributed by atoms with Crippen molar-refractivity contribution in [3.63, 3.8) is 0 Å². The number of hydrogen-bond donors (Lipinski definition) is 1. The molecule has 1 aliphatic heterocycles. The minimum Gasteiger partial charge on any atom is -0.463 e.